The molecule has 1 aliphatic heterocycles. The van der Waals surface area contributed by atoms with Crippen molar-refractivity contribution in [2.75, 3.05) is 14.2 Å². The monoisotopic (exact) mass is 766 g/mol. The van der Waals surface area contributed by atoms with Gasteiger partial charge in [-0.05, 0) is 38.2 Å². The van der Waals surface area contributed by atoms with Crippen molar-refractivity contribution in [2.24, 2.45) is 29.6 Å². The maximum absolute atomic E-state index is 13.9. The summed E-state index contributed by atoms with van der Waals surface area (Å²) in [5.74, 6) is -10.7. The Morgan fingerprint density at radius 1 is 0.927 bits per heavy atom. The first-order chi connectivity index (χ1) is 25.8. The van der Waals surface area contributed by atoms with Crippen molar-refractivity contribution >= 4 is 41.4 Å². The number of hydrogen-bond donors (Lipinski definition) is 5. The molecule has 0 radical (unpaired) electrons. The van der Waals surface area contributed by atoms with E-state index < -0.39 is 89.6 Å². The fourth-order valence-electron chi connectivity index (χ4n) is 6.38. The van der Waals surface area contributed by atoms with Crippen LogP contribution in [0, 0.1) is 29.6 Å². The summed E-state index contributed by atoms with van der Waals surface area (Å²) in [6.45, 7) is 11.6. The van der Waals surface area contributed by atoms with Crippen LogP contribution in [0.2, 0.25) is 0 Å². The number of methoxy groups -OCH3 is 1. The summed E-state index contributed by atoms with van der Waals surface area (Å²) in [5.41, 5.74) is 1.78. The Morgan fingerprint density at radius 2 is 1.55 bits per heavy atom. The normalized spacial score (nSPS) is 26.4. The van der Waals surface area contributed by atoms with Gasteiger partial charge in [-0.15, -0.1) is 0 Å². The highest BCUT2D eigenvalue weighted by Crippen LogP contribution is 2.23. The summed E-state index contributed by atoms with van der Waals surface area (Å²) in [6.07, 6.45) is 5.89. The van der Waals surface area contributed by atoms with Crippen LogP contribution in [-0.2, 0) is 44.7 Å². The van der Waals surface area contributed by atoms with Crippen molar-refractivity contribution in [2.45, 2.75) is 98.4 Å². The summed E-state index contributed by atoms with van der Waals surface area (Å²) in [5, 5.41) is 28.0. The first kappa shape index (κ1) is 46.0. The summed E-state index contributed by atoms with van der Waals surface area (Å²) >= 11 is 0. The van der Waals surface area contributed by atoms with E-state index in [2.05, 4.69) is 16.0 Å². The largest absolute Gasteiger partial charge is 0.481 e. The molecule has 5 N–H and O–H groups in total. The lowest BCUT2D eigenvalue weighted by Crippen LogP contribution is -2.56. The molecule has 8 atom stereocenters. The fourth-order valence-corrected chi connectivity index (χ4v) is 6.38. The van der Waals surface area contributed by atoms with E-state index >= 15 is 0 Å². The van der Waals surface area contributed by atoms with E-state index in [-0.39, 0.29) is 30.6 Å². The molecule has 1 aromatic carbocycles. The van der Waals surface area contributed by atoms with Crippen molar-refractivity contribution in [1.29, 1.82) is 0 Å². The second-order valence-corrected chi connectivity index (χ2v) is 14.6. The lowest BCUT2D eigenvalue weighted by Gasteiger charge is -2.29. The number of nitrogens with zero attached hydrogens (tertiary/aromatic N) is 1. The number of amides is 4. The number of ether oxygens (including phenoxy) is 1. The second kappa shape index (κ2) is 21.7. The molecule has 0 aromatic heterocycles. The average molecular weight is 767 g/mol. The predicted molar refractivity (Wildman–Crippen MR) is 206 cm³/mol. The molecule has 0 unspecified atom stereocenters. The zero-order valence-corrected chi connectivity index (χ0v) is 33.3. The van der Waals surface area contributed by atoms with Gasteiger partial charge in [0.25, 0.3) is 0 Å². The highest BCUT2D eigenvalue weighted by atomic mass is 16.5. The number of carbonyl (C=O) groups excluding carboxylic acids is 5. The van der Waals surface area contributed by atoms with Crippen molar-refractivity contribution in [3.05, 3.63) is 71.5 Å². The Hall–Kier alpha value is -5.11. The lowest BCUT2D eigenvalue weighted by molar-refractivity contribution is -0.149. The third-order valence-electron chi connectivity index (χ3n) is 10.1. The molecule has 1 aliphatic rings. The summed E-state index contributed by atoms with van der Waals surface area (Å²) in [4.78, 5) is 93.1. The van der Waals surface area contributed by atoms with E-state index in [0.717, 1.165) is 16.0 Å². The third kappa shape index (κ3) is 13.6. The Kier molecular flexibility index (Phi) is 18.2. The zero-order valence-electron chi connectivity index (χ0n) is 33.3. The molecular weight excluding hydrogens is 708 g/mol. The Bertz CT molecular complexity index is 1640. The van der Waals surface area contributed by atoms with Crippen LogP contribution < -0.4 is 16.0 Å². The second-order valence-electron chi connectivity index (χ2n) is 14.6. The van der Waals surface area contributed by atoms with Gasteiger partial charge < -0.3 is 35.8 Å². The molecule has 14 nitrogen and oxygen atoms in total. The average Bonchev–Trinajstić information content (AvgIpc) is 3.13. The van der Waals surface area contributed by atoms with Crippen LogP contribution in [0.25, 0.3) is 0 Å². The van der Waals surface area contributed by atoms with E-state index in [1.165, 1.54) is 33.9 Å². The number of ketones is 1. The number of aliphatic carboxylic acids is 2. The quantitative estimate of drug-likeness (QED) is 0.172. The van der Waals surface area contributed by atoms with E-state index in [1.807, 2.05) is 50.3 Å². The minimum absolute atomic E-state index is 0.0333. The number of benzene rings is 1. The van der Waals surface area contributed by atoms with E-state index in [0.29, 0.717) is 6.42 Å². The van der Waals surface area contributed by atoms with Crippen LogP contribution in [-0.4, -0.2) is 94.9 Å². The standard InChI is InChI=1S/C41H58N4O10/c1-10-32-33(46)22-29(40(51)52)26(6)37(48)44-36(23(2)3)39(50)42-30(27(7)38(49)43-31(41(53)54)18-19-35(47)45(32)8)17-16-24(4)20-25(5)34(55-9)21-28-14-12-11-13-15-28/h10-17,20,23,25-27,29-31,34,36H,18-19,21-22H2,1-9H3,(H,42,50)(H,43,49)(H,44,48)(H,51,52)(H,53,54)/b17-16+,24-20+,32-10-/t25-,26-,27-,29+,30-,31+,34-,36-/m0/s1. The molecule has 2 rings (SSSR count). The highest BCUT2D eigenvalue weighted by Gasteiger charge is 2.37. The highest BCUT2D eigenvalue weighted by molar-refractivity contribution is 6.01. The first-order valence-corrected chi connectivity index (χ1v) is 18.6. The molecule has 55 heavy (non-hydrogen) atoms. The van der Waals surface area contributed by atoms with Gasteiger partial charge in [0.15, 0.2) is 5.78 Å². The topological polar surface area (TPSA) is 209 Å². The SMILES string of the molecule is C/C=C1/C(=O)C[C@@H](C(=O)O)[C@H](C)C(=O)N[C@@H](C(C)C)C(=O)N[C@@H](/C=C/C(C)=C/[C@H](C)[C@H](Cc2ccccc2)OC)[C@H](C)C(=O)N[C@@H](C(=O)O)CCC(=O)N1C. The van der Waals surface area contributed by atoms with Crippen LogP contribution in [0.4, 0.5) is 0 Å². The first-order valence-electron chi connectivity index (χ1n) is 18.6. The summed E-state index contributed by atoms with van der Waals surface area (Å²) < 4.78 is 5.78. The zero-order chi connectivity index (χ0) is 41.6. The summed E-state index contributed by atoms with van der Waals surface area (Å²) in [6, 6.07) is 6.24. The molecule has 302 valence electrons. The van der Waals surface area contributed by atoms with Gasteiger partial charge in [0.2, 0.25) is 23.6 Å². The number of carboxylic acid groups (broad SMARTS) is 2. The molecule has 1 aromatic rings. The minimum Gasteiger partial charge on any atom is -0.481 e. The van der Waals surface area contributed by atoms with Crippen LogP contribution in [0.3, 0.4) is 0 Å². The van der Waals surface area contributed by atoms with Crippen LogP contribution in [0.5, 0.6) is 0 Å². The maximum Gasteiger partial charge on any atom is 0.326 e. The van der Waals surface area contributed by atoms with Crippen LogP contribution >= 0.6 is 0 Å². The number of likely N-dealkylation sites (N-methyl/N-ethyl adjacent to an activating group) is 1. The molecule has 0 aliphatic carbocycles. The Labute approximate surface area is 323 Å². The van der Waals surface area contributed by atoms with E-state index in [9.17, 15) is 43.8 Å². The Balaban J connectivity index is 2.57. The van der Waals surface area contributed by atoms with Gasteiger partial charge in [0.05, 0.1) is 29.7 Å². The predicted octanol–water partition coefficient (Wildman–Crippen LogP) is 3.67. The molecule has 0 saturated carbocycles. The molecule has 0 spiro atoms. The molecule has 4 amide bonds. The van der Waals surface area contributed by atoms with Crippen molar-refractivity contribution in [3.8, 4) is 0 Å². The van der Waals surface area contributed by atoms with E-state index in [1.54, 1.807) is 33.1 Å². The number of nitrogens with one attached hydrogen (secondary N) is 3. The van der Waals surface area contributed by atoms with Gasteiger partial charge in [-0.1, -0.05) is 94.8 Å². The molecular formula is C41H58N4O10. The molecule has 1 saturated heterocycles. The fraction of sp³-hybridized carbons (Fsp3) is 0.537. The number of rotatable bonds is 10. The number of carbonyl (C=O) groups is 7. The van der Waals surface area contributed by atoms with Gasteiger partial charge in [0, 0.05) is 38.8 Å². The number of hydrogen-bond acceptors (Lipinski definition) is 8. The molecule has 0 bridgehead atoms. The smallest absolute Gasteiger partial charge is 0.326 e. The molecule has 14 heteroatoms. The van der Waals surface area contributed by atoms with Gasteiger partial charge >= 0.3 is 11.9 Å². The van der Waals surface area contributed by atoms with Crippen LogP contribution in [0.15, 0.2) is 65.9 Å². The lowest BCUT2D eigenvalue weighted by atomic mass is 9.87. The third-order valence-corrected chi connectivity index (χ3v) is 10.1. The number of Topliss-reactive ketones (excluding diaryl/α,β-unsaturated/α-hetero) is 1. The minimum atomic E-state index is -1.50. The van der Waals surface area contributed by atoms with Gasteiger partial charge in [-0.25, -0.2) is 4.79 Å². The van der Waals surface area contributed by atoms with Gasteiger partial charge in [-0.3, -0.25) is 28.8 Å². The van der Waals surface area contributed by atoms with Crippen molar-refractivity contribution < 1.29 is 48.5 Å². The maximum atomic E-state index is 13.9. The Morgan fingerprint density at radius 3 is 2.09 bits per heavy atom. The number of allylic oxidation sites excluding steroid dienone is 4. The van der Waals surface area contributed by atoms with Gasteiger partial charge in [0.1, 0.15) is 12.1 Å². The van der Waals surface area contributed by atoms with Crippen molar-refractivity contribution in [1.82, 2.24) is 20.9 Å². The number of carboxylic acids is 2. The van der Waals surface area contributed by atoms with Crippen molar-refractivity contribution in [3.63, 3.8) is 0 Å². The summed E-state index contributed by atoms with van der Waals surface area (Å²) in [7, 11) is 2.95. The van der Waals surface area contributed by atoms with Crippen LogP contribution in [0.1, 0.15) is 73.3 Å². The molecule has 1 heterocycles. The molecule has 1 fully saturated rings. The van der Waals surface area contributed by atoms with E-state index in [4.69, 9.17) is 4.74 Å². The van der Waals surface area contributed by atoms with Gasteiger partial charge in [-0.2, -0.15) is 0 Å².